The number of hydrogen-bond acceptors (Lipinski definition) is 3. The van der Waals surface area contributed by atoms with Gasteiger partial charge in [0.05, 0.1) is 6.04 Å². The fourth-order valence-electron chi connectivity index (χ4n) is 1.62. The summed E-state index contributed by atoms with van der Waals surface area (Å²) >= 11 is 0. The minimum Gasteiger partial charge on any atom is -0.398 e. The van der Waals surface area contributed by atoms with Crippen LogP contribution in [0.15, 0.2) is 24.3 Å². The number of nitrogens with one attached hydrogen (secondary N) is 1. The van der Waals surface area contributed by atoms with Crippen molar-refractivity contribution in [3.05, 3.63) is 29.8 Å². The van der Waals surface area contributed by atoms with E-state index in [-0.39, 0.29) is 12.0 Å². The predicted octanol–water partition coefficient (Wildman–Crippen LogP) is 1.36. The van der Waals surface area contributed by atoms with E-state index in [4.69, 9.17) is 5.73 Å². The fourth-order valence-corrected chi connectivity index (χ4v) is 2.55. The molecule has 3 N–H and O–H groups in total. The summed E-state index contributed by atoms with van der Waals surface area (Å²) in [6, 6.07) is 6.97. The molecule has 0 amide bonds. The van der Waals surface area contributed by atoms with E-state index in [2.05, 4.69) is 4.72 Å². The van der Waals surface area contributed by atoms with Crippen LogP contribution in [-0.4, -0.2) is 26.8 Å². The maximum absolute atomic E-state index is 11.9. The zero-order valence-corrected chi connectivity index (χ0v) is 12.0. The Hall–Kier alpha value is -1.11. The number of nitrogens with two attached hydrogens (primary N) is 1. The van der Waals surface area contributed by atoms with Crippen LogP contribution in [0.3, 0.4) is 0 Å². The summed E-state index contributed by atoms with van der Waals surface area (Å²) in [6.45, 7) is 3.91. The van der Waals surface area contributed by atoms with Gasteiger partial charge in [-0.1, -0.05) is 32.0 Å². The van der Waals surface area contributed by atoms with Crippen molar-refractivity contribution in [2.24, 2.45) is 5.92 Å². The number of benzene rings is 1. The van der Waals surface area contributed by atoms with Crippen molar-refractivity contribution in [1.29, 1.82) is 0 Å². The number of hydrogen-bond donors (Lipinski definition) is 2. The molecular formula is C12H21N3O2S. The molecule has 0 aromatic heterocycles. The van der Waals surface area contributed by atoms with Crippen LogP contribution in [0, 0.1) is 5.92 Å². The maximum Gasteiger partial charge on any atom is 0.279 e. The van der Waals surface area contributed by atoms with Crippen LogP contribution < -0.4 is 10.5 Å². The van der Waals surface area contributed by atoms with Crippen molar-refractivity contribution in [2.45, 2.75) is 19.9 Å². The van der Waals surface area contributed by atoms with Crippen molar-refractivity contribution in [3.8, 4) is 0 Å². The van der Waals surface area contributed by atoms with Crippen LogP contribution in [0.25, 0.3) is 0 Å². The Labute approximate surface area is 109 Å². The molecule has 0 unspecified atom stereocenters. The Morgan fingerprint density at radius 2 is 1.78 bits per heavy atom. The molecule has 1 rings (SSSR count). The topological polar surface area (TPSA) is 75.4 Å². The van der Waals surface area contributed by atoms with Gasteiger partial charge >= 0.3 is 0 Å². The van der Waals surface area contributed by atoms with Gasteiger partial charge in [-0.25, -0.2) is 0 Å². The molecule has 0 aliphatic heterocycles. The van der Waals surface area contributed by atoms with Crippen LogP contribution in [0.4, 0.5) is 5.69 Å². The van der Waals surface area contributed by atoms with Gasteiger partial charge in [0.2, 0.25) is 0 Å². The highest BCUT2D eigenvalue weighted by Crippen LogP contribution is 2.27. The number of rotatable bonds is 5. The van der Waals surface area contributed by atoms with Crippen LogP contribution in [0.2, 0.25) is 0 Å². The fraction of sp³-hybridized carbons (Fsp3) is 0.500. The van der Waals surface area contributed by atoms with Gasteiger partial charge in [-0.2, -0.15) is 17.4 Å². The minimum atomic E-state index is -3.48. The minimum absolute atomic E-state index is 0.101. The largest absolute Gasteiger partial charge is 0.398 e. The number of para-hydroxylation sites is 1. The number of nitrogens with zero attached hydrogens (tertiary/aromatic N) is 1. The van der Waals surface area contributed by atoms with Crippen LogP contribution in [0.5, 0.6) is 0 Å². The van der Waals surface area contributed by atoms with E-state index in [0.717, 1.165) is 9.87 Å². The molecule has 102 valence electrons. The molecule has 6 heteroatoms. The number of anilines is 1. The van der Waals surface area contributed by atoms with Crippen LogP contribution in [-0.2, 0) is 10.2 Å². The van der Waals surface area contributed by atoms with Gasteiger partial charge in [0.25, 0.3) is 10.2 Å². The lowest BCUT2D eigenvalue weighted by Crippen LogP contribution is -2.40. The molecule has 0 spiro atoms. The van der Waals surface area contributed by atoms with Crippen molar-refractivity contribution < 1.29 is 8.42 Å². The van der Waals surface area contributed by atoms with Crippen LogP contribution >= 0.6 is 0 Å². The predicted molar refractivity (Wildman–Crippen MR) is 74.2 cm³/mol. The monoisotopic (exact) mass is 271 g/mol. The molecule has 1 atom stereocenters. The molecular weight excluding hydrogens is 250 g/mol. The molecule has 1 aromatic rings. The Balaban J connectivity index is 3.10. The average Bonchev–Trinajstić information content (AvgIpc) is 2.26. The highest BCUT2D eigenvalue weighted by atomic mass is 32.2. The molecule has 0 fully saturated rings. The smallest absolute Gasteiger partial charge is 0.279 e. The van der Waals surface area contributed by atoms with Crippen molar-refractivity contribution >= 4 is 15.9 Å². The molecule has 0 heterocycles. The standard InChI is InChI=1S/C12H21N3O2S/c1-9(2)12(14-18(16,17)15(3)4)10-7-5-6-8-11(10)13/h5-9,12,14H,13H2,1-4H3/t12-/m0/s1. The summed E-state index contributed by atoms with van der Waals surface area (Å²) in [6.07, 6.45) is 0. The first-order chi connectivity index (χ1) is 8.25. The van der Waals surface area contributed by atoms with E-state index in [1.54, 1.807) is 6.07 Å². The van der Waals surface area contributed by atoms with E-state index < -0.39 is 10.2 Å². The first kappa shape index (κ1) is 14.9. The molecule has 5 nitrogen and oxygen atoms in total. The van der Waals surface area contributed by atoms with Gasteiger partial charge in [-0.05, 0) is 17.5 Å². The Morgan fingerprint density at radius 1 is 1.22 bits per heavy atom. The second-order valence-corrected chi connectivity index (χ2v) is 6.67. The van der Waals surface area contributed by atoms with Crippen molar-refractivity contribution in [1.82, 2.24) is 9.03 Å². The van der Waals surface area contributed by atoms with Gasteiger partial charge in [-0.15, -0.1) is 0 Å². The van der Waals surface area contributed by atoms with Gasteiger partial charge in [-0.3, -0.25) is 0 Å². The quantitative estimate of drug-likeness (QED) is 0.794. The van der Waals surface area contributed by atoms with Crippen molar-refractivity contribution in [2.75, 3.05) is 19.8 Å². The lowest BCUT2D eigenvalue weighted by molar-refractivity contribution is 0.438. The summed E-state index contributed by atoms with van der Waals surface area (Å²) in [5, 5.41) is 0. The third kappa shape index (κ3) is 3.44. The van der Waals surface area contributed by atoms with E-state index in [9.17, 15) is 8.42 Å². The lowest BCUT2D eigenvalue weighted by Gasteiger charge is -2.25. The van der Waals surface area contributed by atoms with Gasteiger partial charge in [0.15, 0.2) is 0 Å². The summed E-state index contributed by atoms with van der Waals surface area (Å²) in [5.74, 6) is 0.101. The Morgan fingerprint density at radius 3 is 2.22 bits per heavy atom. The van der Waals surface area contributed by atoms with Crippen molar-refractivity contribution in [3.63, 3.8) is 0 Å². The normalized spacial score (nSPS) is 14.1. The zero-order chi connectivity index (χ0) is 13.9. The molecule has 18 heavy (non-hydrogen) atoms. The third-order valence-corrected chi connectivity index (χ3v) is 4.27. The highest BCUT2D eigenvalue weighted by molar-refractivity contribution is 7.87. The summed E-state index contributed by atoms with van der Waals surface area (Å²) in [4.78, 5) is 0. The SMILES string of the molecule is CC(C)[C@H](NS(=O)(=O)N(C)C)c1ccccc1N. The molecule has 0 aliphatic carbocycles. The Kier molecular flexibility index (Phi) is 4.72. The van der Waals surface area contributed by atoms with Crippen LogP contribution in [0.1, 0.15) is 25.5 Å². The first-order valence-electron chi connectivity index (χ1n) is 5.80. The van der Waals surface area contributed by atoms with E-state index in [0.29, 0.717) is 5.69 Å². The molecule has 0 saturated carbocycles. The van der Waals surface area contributed by atoms with E-state index in [1.807, 2.05) is 32.0 Å². The molecule has 0 bridgehead atoms. The molecule has 0 aliphatic rings. The second-order valence-electron chi connectivity index (χ2n) is 4.76. The summed E-state index contributed by atoms with van der Waals surface area (Å²) in [7, 11) is -0.491. The number of nitrogen functional groups attached to an aromatic ring is 1. The molecule has 0 saturated heterocycles. The third-order valence-electron chi connectivity index (χ3n) is 2.75. The second kappa shape index (κ2) is 5.69. The average molecular weight is 271 g/mol. The van der Waals surface area contributed by atoms with Gasteiger partial charge in [0.1, 0.15) is 0 Å². The lowest BCUT2D eigenvalue weighted by atomic mass is 9.96. The maximum atomic E-state index is 11.9. The molecule has 1 aromatic carbocycles. The Bertz CT molecular complexity index is 498. The van der Waals surface area contributed by atoms with E-state index in [1.165, 1.54) is 14.1 Å². The van der Waals surface area contributed by atoms with E-state index >= 15 is 0 Å². The van der Waals surface area contributed by atoms with Gasteiger partial charge in [0, 0.05) is 19.8 Å². The first-order valence-corrected chi connectivity index (χ1v) is 7.24. The summed E-state index contributed by atoms with van der Waals surface area (Å²) in [5.41, 5.74) is 7.30. The highest BCUT2D eigenvalue weighted by Gasteiger charge is 2.25. The van der Waals surface area contributed by atoms with Gasteiger partial charge < -0.3 is 5.73 Å². The molecule has 0 radical (unpaired) electrons. The summed E-state index contributed by atoms with van der Waals surface area (Å²) < 4.78 is 27.6. The zero-order valence-electron chi connectivity index (χ0n) is 11.2.